The minimum atomic E-state index is -0.0971. The van der Waals surface area contributed by atoms with Gasteiger partial charge in [0, 0.05) is 11.4 Å². The van der Waals surface area contributed by atoms with Crippen molar-refractivity contribution in [1.29, 1.82) is 0 Å². The van der Waals surface area contributed by atoms with Gasteiger partial charge in [0.15, 0.2) is 5.82 Å². The standard InChI is InChI=1S/C16H14N4OS/c1-11-4-9-15(20-19-11)17-12-5-7-13(8-6-12)18-16(21)14-3-2-10-22-14/h2-10H,1H3,(H,17,20)(H,18,21). The maximum Gasteiger partial charge on any atom is 0.265 e. The Hall–Kier alpha value is -2.73. The Labute approximate surface area is 132 Å². The van der Waals surface area contributed by atoms with Crippen molar-refractivity contribution in [2.75, 3.05) is 10.6 Å². The van der Waals surface area contributed by atoms with Crippen LogP contribution in [0.25, 0.3) is 0 Å². The molecule has 0 aliphatic rings. The minimum Gasteiger partial charge on any atom is -0.339 e. The number of aromatic nitrogens is 2. The van der Waals surface area contributed by atoms with Crippen molar-refractivity contribution in [3.63, 3.8) is 0 Å². The highest BCUT2D eigenvalue weighted by molar-refractivity contribution is 7.12. The molecule has 0 atom stereocenters. The first-order valence-electron chi connectivity index (χ1n) is 6.73. The fraction of sp³-hybridized carbons (Fsp3) is 0.0625. The highest BCUT2D eigenvalue weighted by Crippen LogP contribution is 2.18. The first-order chi connectivity index (χ1) is 10.7. The van der Waals surface area contributed by atoms with Crippen LogP contribution in [0.15, 0.2) is 53.9 Å². The number of aryl methyl sites for hydroxylation is 1. The number of benzene rings is 1. The number of amides is 1. The van der Waals surface area contributed by atoms with Crippen LogP contribution in [0.2, 0.25) is 0 Å². The number of anilines is 3. The molecule has 22 heavy (non-hydrogen) atoms. The Kier molecular flexibility index (Phi) is 4.11. The second-order valence-corrected chi connectivity index (χ2v) is 5.64. The van der Waals surface area contributed by atoms with Crippen LogP contribution >= 0.6 is 11.3 Å². The van der Waals surface area contributed by atoms with E-state index in [1.54, 1.807) is 6.07 Å². The van der Waals surface area contributed by atoms with Gasteiger partial charge in [0.1, 0.15) is 0 Å². The summed E-state index contributed by atoms with van der Waals surface area (Å²) in [6.07, 6.45) is 0. The van der Waals surface area contributed by atoms with Crippen molar-refractivity contribution in [3.8, 4) is 0 Å². The average molecular weight is 310 g/mol. The summed E-state index contributed by atoms with van der Waals surface area (Å²) in [4.78, 5) is 12.6. The number of hydrogen-bond acceptors (Lipinski definition) is 5. The second-order valence-electron chi connectivity index (χ2n) is 4.69. The van der Waals surface area contributed by atoms with E-state index >= 15 is 0 Å². The molecule has 110 valence electrons. The molecule has 0 spiro atoms. The largest absolute Gasteiger partial charge is 0.339 e. The number of thiophene rings is 1. The Morgan fingerprint density at radius 1 is 1.00 bits per heavy atom. The van der Waals surface area contributed by atoms with Crippen LogP contribution in [0.3, 0.4) is 0 Å². The van der Waals surface area contributed by atoms with Gasteiger partial charge < -0.3 is 10.6 Å². The van der Waals surface area contributed by atoms with Crippen molar-refractivity contribution >= 4 is 34.4 Å². The number of rotatable bonds is 4. The van der Waals surface area contributed by atoms with Gasteiger partial charge in [0.25, 0.3) is 5.91 Å². The third kappa shape index (κ3) is 3.48. The summed E-state index contributed by atoms with van der Waals surface area (Å²) < 4.78 is 0. The molecule has 3 aromatic rings. The zero-order valence-electron chi connectivity index (χ0n) is 11.9. The summed E-state index contributed by atoms with van der Waals surface area (Å²) in [5, 5.41) is 15.9. The van der Waals surface area contributed by atoms with E-state index in [1.807, 2.05) is 54.8 Å². The van der Waals surface area contributed by atoms with E-state index in [2.05, 4.69) is 20.8 Å². The lowest BCUT2D eigenvalue weighted by atomic mass is 10.2. The fourth-order valence-electron chi connectivity index (χ4n) is 1.85. The highest BCUT2D eigenvalue weighted by Gasteiger charge is 2.06. The Morgan fingerprint density at radius 2 is 1.77 bits per heavy atom. The number of carbonyl (C=O) groups excluding carboxylic acids is 1. The van der Waals surface area contributed by atoms with Crippen LogP contribution in [0.5, 0.6) is 0 Å². The molecule has 1 aromatic carbocycles. The summed E-state index contributed by atoms with van der Waals surface area (Å²) in [7, 11) is 0. The number of carbonyl (C=O) groups is 1. The molecule has 2 aromatic heterocycles. The summed E-state index contributed by atoms with van der Waals surface area (Å²) in [5.74, 6) is 0.584. The van der Waals surface area contributed by atoms with Crippen LogP contribution < -0.4 is 10.6 Å². The maximum absolute atomic E-state index is 11.9. The lowest BCUT2D eigenvalue weighted by Gasteiger charge is -2.07. The molecule has 2 N–H and O–H groups in total. The van der Waals surface area contributed by atoms with Gasteiger partial charge in [-0.05, 0) is 54.8 Å². The topological polar surface area (TPSA) is 66.9 Å². The van der Waals surface area contributed by atoms with Crippen molar-refractivity contribution in [1.82, 2.24) is 10.2 Å². The molecule has 0 unspecified atom stereocenters. The molecule has 0 saturated carbocycles. The normalized spacial score (nSPS) is 10.2. The van der Waals surface area contributed by atoms with E-state index in [0.717, 1.165) is 17.1 Å². The molecule has 5 nitrogen and oxygen atoms in total. The smallest absolute Gasteiger partial charge is 0.265 e. The molecule has 6 heteroatoms. The van der Waals surface area contributed by atoms with Gasteiger partial charge in [-0.15, -0.1) is 16.4 Å². The first kappa shape index (κ1) is 14.2. The predicted molar refractivity (Wildman–Crippen MR) is 88.8 cm³/mol. The molecular formula is C16H14N4OS. The summed E-state index contributed by atoms with van der Waals surface area (Å²) in [6, 6.07) is 14.9. The van der Waals surface area contributed by atoms with Crippen LogP contribution in [0, 0.1) is 6.92 Å². The zero-order valence-corrected chi connectivity index (χ0v) is 12.7. The summed E-state index contributed by atoms with van der Waals surface area (Å²) >= 11 is 1.42. The first-order valence-corrected chi connectivity index (χ1v) is 7.61. The van der Waals surface area contributed by atoms with E-state index in [1.165, 1.54) is 11.3 Å². The fourth-order valence-corrected chi connectivity index (χ4v) is 2.47. The van der Waals surface area contributed by atoms with E-state index in [9.17, 15) is 4.79 Å². The van der Waals surface area contributed by atoms with E-state index in [4.69, 9.17) is 0 Å². The molecule has 0 bridgehead atoms. The Morgan fingerprint density at radius 3 is 2.41 bits per heavy atom. The molecule has 0 aliphatic carbocycles. The van der Waals surface area contributed by atoms with E-state index in [0.29, 0.717) is 10.7 Å². The number of hydrogen-bond donors (Lipinski definition) is 2. The highest BCUT2D eigenvalue weighted by atomic mass is 32.1. The van der Waals surface area contributed by atoms with Gasteiger partial charge in [0.2, 0.25) is 0 Å². The molecule has 0 saturated heterocycles. The molecular weight excluding hydrogens is 296 g/mol. The number of nitrogens with one attached hydrogen (secondary N) is 2. The van der Waals surface area contributed by atoms with Crippen LogP contribution in [0.4, 0.5) is 17.2 Å². The number of nitrogens with zero attached hydrogens (tertiary/aromatic N) is 2. The quantitative estimate of drug-likeness (QED) is 0.768. The van der Waals surface area contributed by atoms with Crippen LogP contribution in [-0.2, 0) is 0 Å². The Bertz CT molecular complexity index is 752. The lowest BCUT2D eigenvalue weighted by molar-refractivity contribution is 0.103. The van der Waals surface area contributed by atoms with E-state index < -0.39 is 0 Å². The van der Waals surface area contributed by atoms with E-state index in [-0.39, 0.29) is 5.91 Å². The van der Waals surface area contributed by atoms with Gasteiger partial charge >= 0.3 is 0 Å². The van der Waals surface area contributed by atoms with Crippen LogP contribution in [0.1, 0.15) is 15.4 Å². The molecule has 0 aliphatic heterocycles. The summed E-state index contributed by atoms with van der Waals surface area (Å²) in [5.41, 5.74) is 2.50. The third-order valence-corrected chi connectivity index (χ3v) is 3.83. The Balaban J connectivity index is 1.65. The molecule has 1 amide bonds. The van der Waals surface area contributed by atoms with Gasteiger partial charge in [-0.25, -0.2) is 0 Å². The second kappa shape index (κ2) is 6.36. The monoisotopic (exact) mass is 310 g/mol. The van der Waals surface area contributed by atoms with Gasteiger partial charge in [0.05, 0.1) is 10.6 Å². The lowest BCUT2D eigenvalue weighted by Crippen LogP contribution is -2.09. The minimum absolute atomic E-state index is 0.0971. The van der Waals surface area contributed by atoms with Crippen LogP contribution in [-0.4, -0.2) is 16.1 Å². The predicted octanol–water partition coefficient (Wildman–Crippen LogP) is 3.84. The molecule has 3 rings (SSSR count). The average Bonchev–Trinajstić information content (AvgIpc) is 3.06. The van der Waals surface area contributed by atoms with Crippen molar-refractivity contribution in [2.45, 2.75) is 6.92 Å². The summed E-state index contributed by atoms with van der Waals surface area (Å²) in [6.45, 7) is 1.89. The van der Waals surface area contributed by atoms with Crippen molar-refractivity contribution in [2.24, 2.45) is 0 Å². The molecule has 0 radical (unpaired) electrons. The zero-order chi connectivity index (χ0) is 15.4. The maximum atomic E-state index is 11.9. The van der Waals surface area contributed by atoms with Crippen molar-refractivity contribution in [3.05, 3.63) is 64.5 Å². The van der Waals surface area contributed by atoms with Crippen molar-refractivity contribution < 1.29 is 4.79 Å². The third-order valence-electron chi connectivity index (χ3n) is 2.96. The SMILES string of the molecule is Cc1ccc(Nc2ccc(NC(=O)c3cccs3)cc2)nn1. The van der Waals surface area contributed by atoms with Gasteiger partial charge in [-0.1, -0.05) is 6.07 Å². The van der Waals surface area contributed by atoms with Gasteiger partial charge in [-0.2, -0.15) is 5.10 Å². The van der Waals surface area contributed by atoms with Gasteiger partial charge in [-0.3, -0.25) is 4.79 Å². The molecule has 0 fully saturated rings. The molecule has 2 heterocycles.